The van der Waals surface area contributed by atoms with Gasteiger partial charge in [-0.15, -0.1) is 0 Å². The Labute approximate surface area is 136 Å². The molecule has 5 heteroatoms. The van der Waals surface area contributed by atoms with Crippen molar-refractivity contribution in [3.8, 4) is 0 Å². The molecule has 1 aromatic rings. The summed E-state index contributed by atoms with van der Waals surface area (Å²) >= 11 is 0. The van der Waals surface area contributed by atoms with E-state index in [1.807, 2.05) is 6.92 Å². The molecule has 0 bridgehead atoms. The standard InChI is InChI=1S/C18H25FN2O2/c1-11(2)5-4-6-12(3)20-18(23)15-10-17(22)21-16-9-13(19)7-8-14(15)16/h7-9,11-12,15H,4-6,10H2,1-3H3,(H,20,23)(H,21,22)/t12-,15-/m1/s1. The summed E-state index contributed by atoms with van der Waals surface area (Å²) in [6.45, 7) is 6.34. The highest BCUT2D eigenvalue weighted by atomic mass is 19.1. The molecule has 0 spiro atoms. The molecule has 126 valence electrons. The van der Waals surface area contributed by atoms with E-state index in [2.05, 4.69) is 24.5 Å². The Morgan fingerprint density at radius 1 is 1.35 bits per heavy atom. The number of halogens is 1. The van der Waals surface area contributed by atoms with Gasteiger partial charge >= 0.3 is 0 Å². The SMILES string of the molecule is CC(C)CCC[C@@H](C)NC(=O)[C@@H]1CC(=O)Nc2cc(F)ccc21. The summed E-state index contributed by atoms with van der Waals surface area (Å²) in [5.74, 6) is -0.735. The lowest BCUT2D eigenvalue weighted by Gasteiger charge is -2.26. The quantitative estimate of drug-likeness (QED) is 0.841. The minimum Gasteiger partial charge on any atom is -0.353 e. The second-order valence-corrected chi connectivity index (χ2v) is 6.77. The van der Waals surface area contributed by atoms with Gasteiger partial charge in [0.2, 0.25) is 11.8 Å². The van der Waals surface area contributed by atoms with Crippen molar-refractivity contribution in [3.05, 3.63) is 29.6 Å². The van der Waals surface area contributed by atoms with E-state index in [0.29, 0.717) is 17.2 Å². The third-order valence-electron chi connectivity index (χ3n) is 4.18. The number of hydrogen-bond donors (Lipinski definition) is 2. The number of hydrogen-bond acceptors (Lipinski definition) is 2. The van der Waals surface area contributed by atoms with Crippen LogP contribution in [0.4, 0.5) is 10.1 Å². The van der Waals surface area contributed by atoms with Crippen LogP contribution in [0.2, 0.25) is 0 Å². The molecule has 0 unspecified atom stereocenters. The van der Waals surface area contributed by atoms with Crippen LogP contribution in [0.3, 0.4) is 0 Å². The molecule has 4 nitrogen and oxygen atoms in total. The first-order chi connectivity index (χ1) is 10.9. The Balaban J connectivity index is 2.01. The van der Waals surface area contributed by atoms with E-state index in [0.717, 1.165) is 19.3 Å². The van der Waals surface area contributed by atoms with Gasteiger partial charge in [-0.25, -0.2) is 4.39 Å². The molecule has 0 fully saturated rings. The van der Waals surface area contributed by atoms with Crippen LogP contribution < -0.4 is 10.6 Å². The second-order valence-electron chi connectivity index (χ2n) is 6.77. The maximum Gasteiger partial charge on any atom is 0.228 e. The molecule has 2 amide bonds. The molecule has 1 aliphatic rings. The first kappa shape index (κ1) is 17.4. The van der Waals surface area contributed by atoms with Crippen LogP contribution in [0.15, 0.2) is 18.2 Å². The molecule has 0 saturated heterocycles. The van der Waals surface area contributed by atoms with E-state index in [1.54, 1.807) is 6.07 Å². The topological polar surface area (TPSA) is 58.2 Å². The fourth-order valence-electron chi connectivity index (χ4n) is 2.92. The fraction of sp³-hybridized carbons (Fsp3) is 0.556. The Morgan fingerprint density at radius 2 is 2.09 bits per heavy atom. The molecule has 23 heavy (non-hydrogen) atoms. The summed E-state index contributed by atoms with van der Waals surface area (Å²) in [5.41, 5.74) is 1.08. The zero-order valence-corrected chi connectivity index (χ0v) is 14.0. The molecule has 2 N–H and O–H groups in total. The van der Waals surface area contributed by atoms with Crippen LogP contribution in [0.1, 0.15) is 57.9 Å². The largest absolute Gasteiger partial charge is 0.353 e. The average molecular weight is 320 g/mol. The number of carbonyl (C=O) groups is 2. The van der Waals surface area contributed by atoms with Gasteiger partial charge in [0.15, 0.2) is 0 Å². The summed E-state index contributed by atoms with van der Waals surface area (Å²) in [5, 5.41) is 5.61. The second kappa shape index (κ2) is 7.57. The van der Waals surface area contributed by atoms with Crippen molar-refractivity contribution >= 4 is 17.5 Å². The van der Waals surface area contributed by atoms with E-state index >= 15 is 0 Å². The van der Waals surface area contributed by atoms with E-state index in [4.69, 9.17) is 0 Å². The van der Waals surface area contributed by atoms with E-state index in [1.165, 1.54) is 12.1 Å². The van der Waals surface area contributed by atoms with Crippen molar-refractivity contribution in [2.45, 2.75) is 58.4 Å². The van der Waals surface area contributed by atoms with Gasteiger partial charge < -0.3 is 10.6 Å². The van der Waals surface area contributed by atoms with Crippen molar-refractivity contribution in [1.29, 1.82) is 0 Å². The van der Waals surface area contributed by atoms with Crippen LogP contribution in [0.25, 0.3) is 0 Å². The predicted octanol–water partition coefficient (Wildman–Crippen LogP) is 3.58. The average Bonchev–Trinajstić information content (AvgIpc) is 2.45. The van der Waals surface area contributed by atoms with Crippen molar-refractivity contribution in [2.75, 3.05) is 5.32 Å². The molecule has 0 aliphatic carbocycles. The highest BCUT2D eigenvalue weighted by Crippen LogP contribution is 2.33. The summed E-state index contributed by atoms with van der Waals surface area (Å²) in [7, 11) is 0. The van der Waals surface area contributed by atoms with Gasteiger partial charge in [-0.1, -0.05) is 32.8 Å². The Kier molecular flexibility index (Phi) is 5.74. The number of fused-ring (bicyclic) bond motifs is 1. The van der Waals surface area contributed by atoms with Gasteiger partial charge in [0.05, 0.1) is 5.92 Å². The van der Waals surface area contributed by atoms with Crippen molar-refractivity contribution in [3.63, 3.8) is 0 Å². The first-order valence-corrected chi connectivity index (χ1v) is 8.26. The van der Waals surface area contributed by atoms with E-state index in [9.17, 15) is 14.0 Å². The Bertz CT molecular complexity index is 586. The number of rotatable bonds is 6. The molecule has 1 aromatic carbocycles. The molecule has 0 aromatic heterocycles. The van der Waals surface area contributed by atoms with Crippen LogP contribution in [0, 0.1) is 11.7 Å². The van der Waals surface area contributed by atoms with E-state index in [-0.39, 0.29) is 24.3 Å². The highest BCUT2D eigenvalue weighted by Gasteiger charge is 2.31. The summed E-state index contributed by atoms with van der Waals surface area (Å²) in [6, 6.07) is 4.23. The summed E-state index contributed by atoms with van der Waals surface area (Å²) in [4.78, 5) is 24.3. The smallest absolute Gasteiger partial charge is 0.228 e. The van der Waals surface area contributed by atoms with Gasteiger partial charge in [0.1, 0.15) is 5.82 Å². The Hall–Kier alpha value is -1.91. The summed E-state index contributed by atoms with van der Waals surface area (Å²) in [6.07, 6.45) is 3.21. The van der Waals surface area contributed by atoms with Crippen LogP contribution in [-0.4, -0.2) is 17.9 Å². The number of anilines is 1. The predicted molar refractivity (Wildman–Crippen MR) is 88.7 cm³/mol. The molecule has 2 rings (SSSR count). The van der Waals surface area contributed by atoms with E-state index < -0.39 is 11.7 Å². The number of amides is 2. The fourth-order valence-corrected chi connectivity index (χ4v) is 2.92. The minimum absolute atomic E-state index is 0.0649. The minimum atomic E-state index is -0.549. The zero-order chi connectivity index (χ0) is 17.0. The first-order valence-electron chi connectivity index (χ1n) is 8.26. The van der Waals surface area contributed by atoms with Crippen LogP contribution in [0.5, 0.6) is 0 Å². The Morgan fingerprint density at radius 3 is 2.78 bits per heavy atom. The van der Waals surface area contributed by atoms with Crippen molar-refractivity contribution < 1.29 is 14.0 Å². The molecular weight excluding hydrogens is 295 g/mol. The molecule has 1 heterocycles. The molecule has 0 radical (unpaired) electrons. The molecule has 1 aliphatic heterocycles. The summed E-state index contributed by atoms with van der Waals surface area (Å²) < 4.78 is 13.3. The molecular formula is C18H25FN2O2. The maximum atomic E-state index is 13.3. The van der Waals surface area contributed by atoms with Gasteiger partial charge in [0, 0.05) is 18.2 Å². The number of nitrogens with one attached hydrogen (secondary N) is 2. The molecule has 2 atom stereocenters. The lowest BCUT2D eigenvalue weighted by molar-refractivity contribution is -0.126. The lowest BCUT2D eigenvalue weighted by atomic mass is 9.89. The molecule has 0 saturated carbocycles. The van der Waals surface area contributed by atoms with Crippen LogP contribution in [-0.2, 0) is 9.59 Å². The van der Waals surface area contributed by atoms with Gasteiger partial charge in [-0.3, -0.25) is 9.59 Å². The van der Waals surface area contributed by atoms with Crippen LogP contribution >= 0.6 is 0 Å². The van der Waals surface area contributed by atoms with Gasteiger partial charge in [-0.2, -0.15) is 0 Å². The monoisotopic (exact) mass is 320 g/mol. The van der Waals surface area contributed by atoms with Crippen molar-refractivity contribution in [2.24, 2.45) is 5.92 Å². The number of carbonyl (C=O) groups excluding carboxylic acids is 2. The van der Waals surface area contributed by atoms with Crippen molar-refractivity contribution in [1.82, 2.24) is 5.32 Å². The highest BCUT2D eigenvalue weighted by molar-refractivity contribution is 6.01. The zero-order valence-electron chi connectivity index (χ0n) is 14.0. The normalized spacial score (nSPS) is 18.3. The van der Waals surface area contributed by atoms with Gasteiger partial charge in [-0.05, 0) is 37.0 Å². The lowest BCUT2D eigenvalue weighted by Crippen LogP contribution is -2.39. The number of benzene rings is 1. The van der Waals surface area contributed by atoms with Gasteiger partial charge in [0.25, 0.3) is 0 Å². The third-order valence-corrected chi connectivity index (χ3v) is 4.18. The third kappa shape index (κ3) is 4.78. The maximum absolute atomic E-state index is 13.3.